The molecule has 0 saturated heterocycles. The van der Waals surface area contributed by atoms with Crippen molar-refractivity contribution in [3.63, 3.8) is 0 Å². The van der Waals surface area contributed by atoms with E-state index in [1.54, 1.807) is 0 Å². The third-order valence-electron chi connectivity index (χ3n) is 4.61. The first-order chi connectivity index (χ1) is 4.98. The second-order valence-corrected chi connectivity index (χ2v) is 5.02. The van der Waals surface area contributed by atoms with Crippen molar-refractivity contribution < 1.29 is 5.41 Å². The van der Waals surface area contributed by atoms with Crippen molar-refractivity contribution in [3.05, 3.63) is 0 Å². The van der Waals surface area contributed by atoms with E-state index in [1.807, 2.05) is 0 Å². The van der Waals surface area contributed by atoms with E-state index in [4.69, 9.17) is 5.41 Å². The maximum Gasteiger partial charge on any atom is 0.155 e. The number of fused-ring (bicyclic) bond motifs is 2. The summed E-state index contributed by atoms with van der Waals surface area (Å²) in [5.74, 6) is 0.868. The van der Waals surface area contributed by atoms with Gasteiger partial charge in [-0.05, 0) is 31.1 Å². The lowest BCUT2D eigenvalue weighted by atomic mass is 9.70. The van der Waals surface area contributed by atoms with E-state index in [0.717, 1.165) is 5.92 Å². The monoisotopic (exact) mass is 152 g/mol. The summed E-state index contributed by atoms with van der Waals surface area (Å²) in [6.45, 7) is 7.10. The Morgan fingerprint density at radius 2 is 2.00 bits per heavy atom. The van der Waals surface area contributed by atoms with Crippen molar-refractivity contribution in [3.8, 4) is 0 Å². The molecular formula is C10H18N+. The molecule has 0 aliphatic heterocycles. The molecule has 2 saturated carbocycles. The van der Waals surface area contributed by atoms with E-state index < -0.39 is 0 Å². The summed E-state index contributed by atoms with van der Waals surface area (Å²) in [7, 11) is 0. The van der Waals surface area contributed by atoms with Crippen molar-refractivity contribution in [1.29, 1.82) is 0 Å². The summed E-state index contributed by atoms with van der Waals surface area (Å²) in [4.78, 5) is 0. The summed E-state index contributed by atoms with van der Waals surface area (Å²) in [5, 5.41) is 6.05. The van der Waals surface area contributed by atoms with Crippen molar-refractivity contribution in [1.82, 2.24) is 0 Å². The van der Waals surface area contributed by atoms with Crippen LogP contribution in [0.25, 0.3) is 0 Å². The first kappa shape index (κ1) is 7.33. The molecular weight excluding hydrogens is 134 g/mol. The number of hydrogen-bond donors (Lipinski definition) is 1. The van der Waals surface area contributed by atoms with E-state index in [2.05, 4.69) is 20.8 Å². The van der Waals surface area contributed by atoms with Gasteiger partial charge in [0, 0.05) is 6.42 Å². The van der Waals surface area contributed by atoms with E-state index >= 15 is 0 Å². The molecule has 2 fully saturated rings. The fourth-order valence-corrected chi connectivity index (χ4v) is 3.02. The highest BCUT2D eigenvalue weighted by Crippen LogP contribution is 2.62. The van der Waals surface area contributed by atoms with E-state index in [0.29, 0.717) is 10.8 Å². The maximum absolute atomic E-state index is 6.05. The van der Waals surface area contributed by atoms with Crippen LogP contribution in [0.15, 0.2) is 0 Å². The summed E-state index contributed by atoms with van der Waals surface area (Å²) < 4.78 is 0. The van der Waals surface area contributed by atoms with Crippen LogP contribution in [0.1, 0.15) is 40.0 Å². The molecule has 0 radical (unpaired) electrons. The molecule has 0 aromatic rings. The first-order valence-electron chi connectivity index (χ1n) is 4.60. The van der Waals surface area contributed by atoms with Gasteiger partial charge < -0.3 is 0 Å². The minimum Gasteiger partial charge on any atom is -0.261 e. The van der Waals surface area contributed by atoms with Crippen LogP contribution in [0.3, 0.4) is 0 Å². The Labute approximate surface area is 68.7 Å². The molecule has 0 aromatic carbocycles. The zero-order valence-corrected chi connectivity index (χ0v) is 7.78. The van der Waals surface area contributed by atoms with E-state index in [9.17, 15) is 0 Å². The quantitative estimate of drug-likeness (QED) is 0.536. The van der Waals surface area contributed by atoms with Crippen LogP contribution in [0.2, 0.25) is 0 Å². The van der Waals surface area contributed by atoms with Gasteiger partial charge in [0.05, 0.1) is 5.41 Å². The van der Waals surface area contributed by atoms with Gasteiger partial charge in [-0.1, -0.05) is 13.8 Å². The van der Waals surface area contributed by atoms with Crippen molar-refractivity contribution >= 4 is 5.71 Å². The van der Waals surface area contributed by atoms with Crippen LogP contribution in [-0.4, -0.2) is 5.71 Å². The molecule has 2 atom stereocenters. The molecule has 62 valence electrons. The van der Waals surface area contributed by atoms with Crippen LogP contribution in [0.5, 0.6) is 0 Å². The molecule has 2 bridgehead atoms. The van der Waals surface area contributed by atoms with Crippen LogP contribution in [-0.2, 0) is 0 Å². The van der Waals surface area contributed by atoms with E-state index in [1.165, 1.54) is 25.0 Å². The molecule has 0 amide bonds. The minimum absolute atomic E-state index is 0.359. The van der Waals surface area contributed by atoms with Crippen LogP contribution < -0.4 is 5.41 Å². The highest BCUT2D eigenvalue weighted by molar-refractivity contribution is 5.89. The second kappa shape index (κ2) is 1.70. The third kappa shape index (κ3) is 0.605. The van der Waals surface area contributed by atoms with Crippen molar-refractivity contribution in [2.75, 3.05) is 0 Å². The van der Waals surface area contributed by atoms with Crippen LogP contribution in [0, 0.1) is 16.7 Å². The van der Waals surface area contributed by atoms with E-state index in [-0.39, 0.29) is 0 Å². The molecule has 2 aliphatic rings. The smallest absolute Gasteiger partial charge is 0.155 e. The number of hydrogen-bond acceptors (Lipinski definition) is 0. The number of rotatable bonds is 0. The molecule has 1 heteroatoms. The lowest BCUT2D eigenvalue weighted by Crippen LogP contribution is -2.49. The lowest BCUT2D eigenvalue weighted by Gasteiger charge is -2.31. The first-order valence-corrected chi connectivity index (χ1v) is 4.60. The molecule has 0 heterocycles. The van der Waals surface area contributed by atoms with Crippen molar-refractivity contribution in [2.24, 2.45) is 16.7 Å². The van der Waals surface area contributed by atoms with Gasteiger partial charge in [-0.15, -0.1) is 0 Å². The Morgan fingerprint density at radius 3 is 2.18 bits per heavy atom. The Bertz CT molecular complexity index is 217. The standard InChI is InChI=1S/C10H17N/c1-9(2)7-4-5-10(9,3)8(11)6-7/h7,11H,4-6H2,1-3H3/p+1/t7-,10-/m0/s1. The molecule has 2 aliphatic carbocycles. The summed E-state index contributed by atoms with van der Waals surface area (Å²) in [6, 6.07) is 0. The Morgan fingerprint density at radius 1 is 1.36 bits per heavy atom. The largest absolute Gasteiger partial charge is 0.261 e. The number of nitrogens with two attached hydrogens (primary N) is 1. The van der Waals surface area contributed by atoms with Gasteiger partial charge in [-0.3, -0.25) is 5.41 Å². The molecule has 0 aromatic heterocycles. The molecule has 0 unspecified atom stereocenters. The average molecular weight is 152 g/mol. The SMILES string of the molecule is CC1(C)[C@H]2CC[C@@]1(C)C(=[NH2+])C2. The van der Waals surface area contributed by atoms with Crippen molar-refractivity contribution in [2.45, 2.75) is 40.0 Å². The normalized spacial score (nSPS) is 46.8. The van der Waals surface area contributed by atoms with Gasteiger partial charge in [-0.2, -0.15) is 0 Å². The van der Waals surface area contributed by atoms with Gasteiger partial charge in [0.25, 0.3) is 0 Å². The van der Waals surface area contributed by atoms with Gasteiger partial charge in [0.15, 0.2) is 5.71 Å². The van der Waals surface area contributed by atoms with Gasteiger partial charge in [-0.25, -0.2) is 0 Å². The lowest BCUT2D eigenvalue weighted by molar-refractivity contribution is -0.128. The molecule has 0 spiro atoms. The topological polar surface area (TPSA) is 25.6 Å². The zero-order valence-electron chi connectivity index (χ0n) is 7.78. The molecule has 11 heavy (non-hydrogen) atoms. The Kier molecular flexibility index (Phi) is 1.13. The third-order valence-corrected chi connectivity index (χ3v) is 4.61. The highest BCUT2D eigenvalue weighted by Gasteiger charge is 2.62. The summed E-state index contributed by atoms with van der Waals surface area (Å²) in [6.07, 6.45) is 3.89. The Balaban J connectivity index is 2.47. The van der Waals surface area contributed by atoms with Crippen LogP contribution >= 0.6 is 0 Å². The van der Waals surface area contributed by atoms with Gasteiger partial charge >= 0.3 is 0 Å². The summed E-state index contributed by atoms with van der Waals surface area (Å²) in [5.41, 5.74) is 2.09. The average Bonchev–Trinajstić information content (AvgIpc) is 2.20. The summed E-state index contributed by atoms with van der Waals surface area (Å²) >= 11 is 0. The maximum atomic E-state index is 6.05. The fraction of sp³-hybridized carbons (Fsp3) is 0.900. The second-order valence-electron chi connectivity index (χ2n) is 5.02. The Hall–Kier alpha value is -0.330. The molecule has 2 N–H and O–H groups in total. The molecule has 1 nitrogen and oxygen atoms in total. The minimum atomic E-state index is 0.359. The predicted molar refractivity (Wildman–Crippen MR) is 46.2 cm³/mol. The van der Waals surface area contributed by atoms with Gasteiger partial charge in [0.2, 0.25) is 0 Å². The zero-order chi connectivity index (χ0) is 8.28. The fourth-order valence-electron chi connectivity index (χ4n) is 3.02. The van der Waals surface area contributed by atoms with Crippen LogP contribution in [0.4, 0.5) is 0 Å². The highest BCUT2D eigenvalue weighted by atomic mass is 14.7. The predicted octanol–water partition coefficient (Wildman–Crippen LogP) is 1.03. The molecule has 2 rings (SSSR count). The van der Waals surface area contributed by atoms with Gasteiger partial charge in [0.1, 0.15) is 0 Å².